The zero-order valence-electron chi connectivity index (χ0n) is 11.7. The van der Waals surface area contributed by atoms with Gasteiger partial charge in [0.2, 0.25) is 5.91 Å². The number of hydrogen-bond acceptors (Lipinski definition) is 3. The van der Waals surface area contributed by atoms with Crippen LogP contribution in [-0.4, -0.2) is 19.1 Å². The molecule has 0 spiro atoms. The molecule has 21 heavy (non-hydrogen) atoms. The van der Waals surface area contributed by atoms with Crippen LogP contribution >= 0.6 is 12.4 Å². The van der Waals surface area contributed by atoms with E-state index in [2.05, 4.69) is 10.1 Å². The van der Waals surface area contributed by atoms with E-state index in [1.807, 2.05) is 0 Å². The van der Waals surface area contributed by atoms with Crippen LogP contribution in [0.25, 0.3) is 0 Å². The van der Waals surface area contributed by atoms with E-state index < -0.39 is 6.61 Å². The summed E-state index contributed by atoms with van der Waals surface area (Å²) in [4.78, 5) is 11.6. The number of unbranched alkanes of at least 4 members (excludes halogenated alkanes) is 3. The minimum atomic E-state index is -2.84. The van der Waals surface area contributed by atoms with Gasteiger partial charge in [-0.15, -0.1) is 12.4 Å². The van der Waals surface area contributed by atoms with Gasteiger partial charge < -0.3 is 15.8 Å². The third-order valence-corrected chi connectivity index (χ3v) is 2.72. The Morgan fingerprint density at radius 1 is 1.14 bits per heavy atom. The molecule has 0 saturated heterocycles. The maximum atomic E-state index is 12.0. The summed E-state index contributed by atoms with van der Waals surface area (Å²) in [5, 5.41) is 2.71. The monoisotopic (exact) mass is 322 g/mol. The van der Waals surface area contributed by atoms with E-state index in [0.29, 0.717) is 18.7 Å². The van der Waals surface area contributed by atoms with E-state index in [0.717, 1.165) is 25.7 Å². The Hall–Kier alpha value is -1.40. The summed E-state index contributed by atoms with van der Waals surface area (Å²) in [6.07, 6.45) is 4.25. The van der Waals surface area contributed by atoms with Crippen LogP contribution in [0, 0.1) is 0 Å². The van der Waals surface area contributed by atoms with Gasteiger partial charge in [-0.2, -0.15) is 8.78 Å². The van der Waals surface area contributed by atoms with Gasteiger partial charge in [0.05, 0.1) is 0 Å². The lowest BCUT2D eigenvalue weighted by atomic mass is 10.1. The van der Waals surface area contributed by atoms with E-state index in [1.54, 1.807) is 0 Å². The summed E-state index contributed by atoms with van der Waals surface area (Å²) in [6.45, 7) is -2.16. The molecule has 0 aliphatic rings. The van der Waals surface area contributed by atoms with E-state index in [1.165, 1.54) is 24.3 Å². The highest BCUT2D eigenvalue weighted by atomic mass is 35.5. The topological polar surface area (TPSA) is 64.4 Å². The van der Waals surface area contributed by atoms with E-state index in [9.17, 15) is 13.6 Å². The number of amides is 1. The molecule has 1 amide bonds. The molecule has 1 rings (SSSR count). The van der Waals surface area contributed by atoms with Gasteiger partial charge in [-0.25, -0.2) is 0 Å². The molecular formula is C14H21ClF2N2O2. The van der Waals surface area contributed by atoms with Crippen molar-refractivity contribution >= 4 is 24.0 Å². The van der Waals surface area contributed by atoms with Crippen LogP contribution in [0.3, 0.4) is 0 Å². The van der Waals surface area contributed by atoms with Gasteiger partial charge in [0.25, 0.3) is 0 Å². The SMILES string of the molecule is Cl.NCCCCCCC(=O)Nc1ccc(OC(F)F)cc1. The summed E-state index contributed by atoms with van der Waals surface area (Å²) in [6, 6.07) is 5.85. The second-order valence-electron chi connectivity index (χ2n) is 4.40. The molecule has 0 aliphatic carbocycles. The number of hydrogen-bond donors (Lipinski definition) is 2. The number of alkyl halides is 2. The van der Waals surface area contributed by atoms with Crippen LogP contribution in [0.2, 0.25) is 0 Å². The second-order valence-corrected chi connectivity index (χ2v) is 4.40. The highest BCUT2D eigenvalue weighted by Crippen LogP contribution is 2.18. The number of ether oxygens (including phenoxy) is 1. The first kappa shape index (κ1) is 19.6. The van der Waals surface area contributed by atoms with Gasteiger partial charge in [0.15, 0.2) is 0 Å². The van der Waals surface area contributed by atoms with E-state index >= 15 is 0 Å². The number of halogens is 3. The first-order valence-corrected chi connectivity index (χ1v) is 6.66. The van der Waals surface area contributed by atoms with Crippen LogP contribution in [0.5, 0.6) is 5.75 Å². The van der Waals surface area contributed by atoms with Crippen LogP contribution in [0.15, 0.2) is 24.3 Å². The quantitative estimate of drug-likeness (QED) is 0.683. The van der Waals surface area contributed by atoms with Gasteiger partial charge in [0, 0.05) is 12.1 Å². The molecule has 4 nitrogen and oxygen atoms in total. The Labute approximate surface area is 129 Å². The molecule has 0 saturated carbocycles. The van der Waals surface area contributed by atoms with Crippen molar-refractivity contribution in [3.8, 4) is 5.75 Å². The lowest BCUT2D eigenvalue weighted by molar-refractivity contribution is -0.116. The average Bonchev–Trinajstić information content (AvgIpc) is 2.40. The van der Waals surface area contributed by atoms with Gasteiger partial charge in [-0.1, -0.05) is 12.8 Å². The minimum absolute atomic E-state index is 0. The molecule has 3 N–H and O–H groups in total. The van der Waals surface area contributed by atoms with Gasteiger partial charge in [0.1, 0.15) is 5.75 Å². The molecule has 1 aromatic rings. The minimum Gasteiger partial charge on any atom is -0.435 e. The number of anilines is 1. The molecule has 0 unspecified atom stereocenters. The molecule has 0 radical (unpaired) electrons. The number of rotatable bonds is 9. The fourth-order valence-corrected chi connectivity index (χ4v) is 1.73. The number of nitrogens with two attached hydrogens (primary N) is 1. The Balaban J connectivity index is 0.00000400. The van der Waals surface area contributed by atoms with Crippen molar-refractivity contribution in [2.45, 2.75) is 38.7 Å². The fraction of sp³-hybridized carbons (Fsp3) is 0.500. The first-order chi connectivity index (χ1) is 9.61. The average molecular weight is 323 g/mol. The van der Waals surface area contributed by atoms with Crippen LogP contribution < -0.4 is 15.8 Å². The lowest BCUT2D eigenvalue weighted by Crippen LogP contribution is -2.11. The molecule has 1 aromatic carbocycles. The highest BCUT2D eigenvalue weighted by molar-refractivity contribution is 5.90. The zero-order chi connectivity index (χ0) is 14.8. The number of nitrogens with one attached hydrogen (secondary N) is 1. The summed E-state index contributed by atoms with van der Waals surface area (Å²) >= 11 is 0. The van der Waals surface area contributed by atoms with Gasteiger partial charge in [-0.3, -0.25) is 4.79 Å². The molecule has 0 atom stereocenters. The predicted molar refractivity (Wildman–Crippen MR) is 81.1 cm³/mol. The normalized spacial score (nSPS) is 10.1. The Morgan fingerprint density at radius 2 is 1.76 bits per heavy atom. The molecule has 7 heteroatoms. The van der Waals surface area contributed by atoms with Gasteiger partial charge in [-0.05, 0) is 43.7 Å². The van der Waals surface area contributed by atoms with Crippen molar-refractivity contribution in [3.63, 3.8) is 0 Å². The van der Waals surface area contributed by atoms with Crippen molar-refractivity contribution in [3.05, 3.63) is 24.3 Å². The third-order valence-electron chi connectivity index (χ3n) is 2.72. The molecular weight excluding hydrogens is 302 g/mol. The number of benzene rings is 1. The molecule has 0 bridgehead atoms. The summed E-state index contributed by atoms with van der Waals surface area (Å²) in [7, 11) is 0. The Kier molecular flexibility index (Phi) is 10.5. The summed E-state index contributed by atoms with van der Waals surface area (Å²) in [5.41, 5.74) is 5.95. The number of carbonyl (C=O) groups is 1. The van der Waals surface area contributed by atoms with Crippen molar-refractivity contribution in [2.75, 3.05) is 11.9 Å². The molecule has 0 fully saturated rings. The molecule has 0 aliphatic heterocycles. The first-order valence-electron chi connectivity index (χ1n) is 6.66. The molecule has 0 aromatic heterocycles. The van der Waals surface area contributed by atoms with Crippen molar-refractivity contribution < 1.29 is 18.3 Å². The van der Waals surface area contributed by atoms with Crippen molar-refractivity contribution in [1.29, 1.82) is 0 Å². The highest BCUT2D eigenvalue weighted by Gasteiger charge is 2.05. The van der Waals surface area contributed by atoms with E-state index in [4.69, 9.17) is 5.73 Å². The van der Waals surface area contributed by atoms with Crippen LogP contribution in [0.1, 0.15) is 32.1 Å². The standard InChI is InChI=1S/C14H20F2N2O2.ClH/c15-14(16)20-12-8-6-11(7-9-12)18-13(19)5-3-1-2-4-10-17;/h6-9,14H,1-5,10,17H2,(H,18,19);1H. The van der Waals surface area contributed by atoms with Crippen LogP contribution in [0.4, 0.5) is 14.5 Å². The smallest absolute Gasteiger partial charge is 0.387 e. The molecule has 120 valence electrons. The van der Waals surface area contributed by atoms with E-state index in [-0.39, 0.29) is 24.1 Å². The van der Waals surface area contributed by atoms with Gasteiger partial charge >= 0.3 is 6.61 Å². The number of carbonyl (C=O) groups excluding carboxylic acids is 1. The lowest BCUT2D eigenvalue weighted by Gasteiger charge is -2.07. The predicted octanol–water partition coefficient (Wildman–Crippen LogP) is 3.56. The maximum absolute atomic E-state index is 12.0. The maximum Gasteiger partial charge on any atom is 0.387 e. The second kappa shape index (κ2) is 11.3. The third kappa shape index (κ3) is 9.20. The fourth-order valence-electron chi connectivity index (χ4n) is 1.73. The van der Waals surface area contributed by atoms with Crippen molar-refractivity contribution in [2.24, 2.45) is 5.73 Å². The Morgan fingerprint density at radius 3 is 2.33 bits per heavy atom. The Bertz CT molecular complexity index is 402. The summed E-state index contributed by atoms with van der Waals surface area (Å²) < 4.78 is 28.1. The zero-order valence-corrected chi connectivity index (χ0v) is 12.5. The van der Waals surface area contributed by atoms with Crippen LogP contribution in [-0.2, 0) is 4.79 Å². The summed E-state index contributed by atoms with van der Waals surface area (Å²) in [5.74, 6) is -0.0138. The largest absolute Gasteiger partial charge is 0.435 e. The molecule has 0 heterocycles. The van der Waals surface area contributed by atoms with Crippen molar-refractivity contribution in [1.82, 2.24) is 0 Å².